The molecule has 2 atom stereocenters. The number of carbonyl (C=O) groups is 2. The molecule has 0 spiro atoms. The quantitative estimate of drug-likeness (QED) is 0.709. The molecule has 2 aliphatic heterocycles. The van der Waals surface area contributed by atoms with E-state index in [1.807, 2.05) is 22.9 Å². The van der Waals surface area contributed by atoms with Crippen LogP contribution in [0.15, 0.2) is 35.8 Å². The number of hydrogen-bond acceptors (Lipinski definition) is 5. The van der Waals surface area contributed by atoms with Crippen molar-refractivity contribution in [1.82, 2.24) is 14.3 Å². The van der Waals surface area contributed by atoms with Gasteiger partial charge in [-0.2, -0.15) is 0 Å². The third-order valence-corrected chi connectivity index (χ3v) is 7.63. The Kier molecular flexibility index (Phi) is 3.99. The van der Waals surface area contributed by atoms with Gasteiger partial charge in [-0.25, -0.2) is 9.37 Å². The summed E-state index contributed by atoms with van der Waals surface area (Å²) in [5.41, 5.74) is 1.30. The van der Waals surface area contributed by atoms with Crippen molar-refractivity contribution in [3.05, 3.63) is 41.7 Å². The van der Waals surface area contributed by atoms with E-state index in [2.05, 4.69) is 10.3 Å². The zero-order valence-electron chi connectivity index (χ0n) is 15.0. The van der Waals surface area contributed by atoms with E-state index in [4.69, 9.17) is 0 Å². The highest BCUT2D eigenvalue weighted by Crippen LogP contribution is 2.47. The number of thiazole rings is 1. The SMILES string of the molecule is C[C@@]12CCC(=O)N1[C@H](C(=O)Nc1c(-c3ccc(F)cc3)nc3sccn13)CS2. The Morgan fingerprint density at radius 2 is 2.14 bits per heavy atom. The van der Waals surface area contributed by atoms with Gasteiger partial charge >= 0.3 is 0 Å². The number of amides is 2. The largest absolute Gasteiger partial charge is 0.315 e. The van der Waals surface area contributed by atoms with Gasteiger partial charge in [-0.3, -0.25) is 14.0 Å². The first-order chi connectivity index (χ1) is 13.5. The molecule has 1 N–H and O–H groups in total. The van der Waals surface area contributed by atoms with Gasteiger partial charge in [-0.05, 0) is 37.6 Å². The Morgan fingerprint density at radius 3 is 2.93 bits per heavy atom. The van der Waals surface area contributed by atoms with Crippen molar-refractivity contribution in [3.8, 4) is 11.3 Å². The molecule has 2 fully saturated rings. The van der Waals surface area contributed by atoms with Crippen LogP contribution in [0.4, 0.5) is 10.2 Å². The number of rotatable bonds is 3. The number of benzene rings is 1. The van der Waals surface area contributed by atoms with Gasteiger partial charge in [0.1, 0.15) is 23.4 Å². The van der Waals surface area contributed by atoms with Crippen molar-refractivity contribution in [1.29, 1.82) is 0 Å². The van der Waals surface area contributed by atoms with Crippen molar-refractivity contribution in [2.24, 2.45) is 0 Å². The predicted molar refractivity (Wildman–Crippen MR) is 108 cm³/mol. The lowest BCUT2D eigenvalue weighted by molar-refractivity contribution is -0.135. The summed E-state index contributed by atoms with van der Waals surface area (Å²) in [6.45, 7) is 2.02. The summed E-state index contributed by atoms with van der Waals surface area (Å²) in [5.74, 6) is 0.595. The Balaban J connectivity index is 1.50. The molecule has 0 unspecified atom stereocenters. The highest BCUT2D eigenvalue weighted by atomic mass is 32.2. The molecule has 6 nitrogen and oxygen atoms in total. The number of halogens is 1. The molecule has 9 heteroatoms. The summed E-state index contributed by atoms with van der Waals surface area (Å²) >= 11 is 3.11. The van der Waals surface area contributed by atoms with Crippen LogP contribution >= 0.6 is 23.1 Å². The number of nitrogens with one attached hydrogen (secondary N) is 1. The molecule has 2 aliphatic rings. The van der Waals surface area contributed by atoms with Gasteiger partial charge < -0.3 is 10.2 Å². The first-order valence-electron chi connectivity index (χ1n) is 8.95. The van der Waals surface area contributed by atoms with E-state index >= 15 is 0 Å². The number of fused-ring (bicyclic) bond motifs is 2. The fraction of sp³-hybridized carbons (Fsp3) is 0.316. The number of nitrogens with zero attached hydrogens (tertiary/aromatic N) is 3. The van der Waals surface area contributed by atoms with E-state index in [9.17, 15) is 14.0 Å². The zero-order chi connectivity index (χ0) is 19.5. The molecule has 28 heavy (non-hydrogen) atoms. The number of imidazole rings is 1. The Hall–Kier alpha value is -2.39. The zero-order valence-corrected chi connectivity index (χ0v) is 16.6. The molecular weight excluding hydrogens is 399 g/mol. The van der Waals surface area contributed by atoms with Crippen molar-refractivity contribution >= 4 is 45.7 Å². The lowest BCUT2D eigenvalue weighted by atomic mass is 10.1. The molecule has 4 heterocycles. The molecular formula is C19H17FN4O2S2. The van der Waals surface area contributed by atoms with Crippen LogP contribution in [0, 0.1) is 5.82 Å². The van der Waals surface area contributed by atoms with E-state index in [1.54, 1.807) is 28.8 Å². The highest BCUT2D eigenvalue weighted by Gasteiger charge is 2.53. The van der Waals surface area contributed by atoms with Crippen LogP contribution in [-0.4, -0.2) is 42.8 Å². The van der Waals surface area contributed by atoms with Crippen molar-refractivity contribution in [3.63, 3.8) is 0 Å². The summed E-state index contributed by atoms with van der Waals surface area (Å²) in [7, 11) is 0. The van der Waals surface area contributed by atoms with Gasteiger partial charge in [0.15, 0.2) is 4.96 Å². The minimum absolute atomic E-state index is 0.0281. The van der Waals surface area contributed by atoms with Crippen LogP contribution in [0.1, 0.15) is 19.8 Å². The first-order valence-corrected chi connectivity index (χ1v) is 10.8. The Morgan fingerprint density at radius 1 is 1.36 bits per heavy atom. The smallest absolute Gasteiger partial charge is 0.249 e. The van der Waals surface area contributed by atoms with Gasteiger partial charge in [0, 0.05) is 29.3 Å². The maximum atomic E-state index is 13.3. The lowest BCUT2D eigenvalue weighted by Gasteiger charge is -2.29. The fourth-order valence-electron chi connectivity index (χ4n) is 3.93. The minimum atomic E-state index is -0.504. The summed E-state index contributed by atoms with van der Waals surface area (Å²) in [4.78, 5) is 32.3. The highest BCUT2D eigenvalue weighted by molar-refractivity contribution is 8.01. The van der Waals surface area contributed by atoms with E-state index < -0.39 is 6.04 Å². The van der Waals surface area contributed by atoms with E-state index in [1.165, 1.54) is 23.5 Å². The molecule has 0 saturated carbocycles. The molecule has 2 amide bonds. The molecule has 0 radical (unpaired) electrons. The molecule has 2 saturated heterocycles. The van der Waals surface area contributed by atoms with Crippen LogP contribution in [0.25, 0.3) is 16.2 Å². The first kappa shape index (κ1) is 17.7. The molecule has 2 aromatic heterocycles. The van der Waals surface area contributed by atoms with E-state index in [0.29, 0.717) is 23.7 Å². The van der Waals surface area contributed by atoms with E-state index in [-0.39, 0.29) is 22.5 Å². The summed E-state index contributed by atoms with van der Waals surface area (Å²) in [6.07, 6.45) is 3.09. The standard InChI is InChI=1S/C19H17FN4O2S2/c1-19-7-6-14(25)24(19)13(10-28-19)17(26)22-16-15(11-2-4-12(20)5-3-11)21-18-23(16)8-9-27-18/h2-5,8-9,13H,6-7,10H2,1H3,(H,22,26)/t13-,19+/m0/s1. The number of carbonyl (C=O) groups excluding carboxylic acids is 2. The predicted octanol–water partition coefficient (Wildman–Crippen LogP) is 3.59. The maximum absolute atomic E-state index is 13.3. The number of thioether (sulfide) groups is 1. The van der Waals surface area contributed by atoms with E-state index in [0.717, 1.165) is 16.9 Å². The van der Waals surface area contributed by atoms with Gasteiger partial charge in [0.05, 0.1) is 4.87 Å². The Labute approximate surface area is 168 Å². The minimum Gasteiger partial charge on any atom is -0.315 e. The number of aromatic nitrogens is 2. The molecule has 144 valence electrons. The number of hydrogen-bond donors (Lipinski definition) is 1. The second kappa shape index (κ2) is 6.31. The van der Waals surface area contributed by atoms with Gasteiger partial charge in [0.25, 0.3) is 0 Å². The van der Waals surface area contributed by atoms with Crippen LogP contribution in [-0.2, 0) is 9.59 Å². The monoisotopic (exact) mass is 416 g/mol. The van der Waals surface area contributed by atoms with Crippen molar-refractivity contribution in [2.75, 3.05) is 11.1 Å². The van der Waals surface area contributed by atoms with Gasteiger partial charge in [-0.1, -0.05) is 0 Å². The third-order valence-electron chi connectivity index (χ3n) is 5.37. The molecule has 3 aromatic rings. The average Bonchev–Trinajstić information content (AvgIpc) is 3.40. The molecule has 1 aromatic carbocycles. The second-order valence-corrected chi connectivity index (χ2v) is 9.50. The van der Waals surface area contributed by atoms with Crippen molar-refractivity contribution < 1.29 is 14.0 Å². The molecule has 5 rings (SSSR count). The van der Waals surface area contributed by atoms with Crippen LogP contribution < -0.4 is 5.32 Å². The van der Waals surface area contributed by atoms with Crippen LogP contribution in [0.5, 0.6) is 0 Å². The van der Waals surface area contributed by atoms with Gasteiger partial charge in [0.2, 0.25) is 11.8 Å². The summed E-state index contributed by atoms with van der Waals surface area (Å²) < 4.78 is 15.1. The van der Waals surface area contributed by atoms with Crippen molar-refractivity contribution in [2.45, 2.75) is 30.7 Å². The number of anilines is 1. The lowest BCUT2D eigenvalue weighted by Crippen LogP contribution is -2.48. The topological polar surface area (TPSA) is 66.7 Å². The van der Waals surface area contributed by atoms with Crippen LogP contribution in [0.3, 0.4) is 0 Å². The van der Waals surface area contributed by atoms with Gasteiger partial charge in [-0.15, -0.1) is 23.1 Å². The fourth-order valence-corrected chi connectivity index (χ4v) is 6.07. The second-order valence-electron chi connectivity index (χ2n) is 7.13. The Bertz CT molecular complexity index is 1090. The molecule has 0 bridgehead atoms. The normalized spacial score (nSPS) is 24.1. The third kappa shape index (κ3) is 2.64. The summed E-state index contributed by atoms with van der Waals surface area (Å²) in [5, 5.41) is 4.88. The maximum Gasteiger partial charge on any atom is 0.249 e. The van der Waals surface area contributed by atoms with Crippen LogP contribution in [0.2, 0.25) is 0 Å². The summed E-state index contributed by atoms with van der Waals surface area (Å²) in [6, 6.07) is 5.52. The molecule has 0 aliphatic carbocycles. The average molecular weight is 417 g/mol.